The minimum atomic E-state index is 0.358. The highest BCUT2D eigenvalue weighted by Crippen LogP contribution is 2.34. The maximum Gasteiger partial charge on any atom is 0.0872 e. The van der Waals surface area contributed by atoms with E-state index in [0.29, 0.717) is 12.0 Å². The van der Waals surface area contributed by atoms with Gasteiger partial charge < -0.3 is 4.74 Å². The van der Waals surface area contributed by atoms with Gasteiger partial charge >= 0.3 is 0 Å². The molecule has 0 saturated carbocycles. The molecule has 1 heteroatoms. The quantitative estimate of drug-likeness (QED) is 0.594. The highest BCUT2D eigenvalue weighted by molar-refractivity contribution is 5.19. The molecule has 2 rings (SSSR count). The van der Waals surface area contributed by atoms with Crippen molar-refractivity contribution in [1.82, 2.24) is 0 Å². The summed E-state index contributed by atoms with van der Waals surface area (Å²) >= 11 is 0. The third-order valence-corrected chi connectivity index (χ3v) is 2.18. The summed E-state index contributed by atoms with van der Waals surface area (Å²) in [5.74, 6) is 0.692. The van der Waals surface area contributed by atoms with E-state index in [-0.39, 0.29) is 0 Å². The zero-order valence-electron chi connectivity index (χ0n) is 6.66. The van der Waals surface area contributed by atoms with Gasteiger partial charge in [-0.25, -0.2) is 0 Å². The molecule has 0 aromatic heterocycles. The van der Waals surface area contributed by atoms with Crippen molar-refractivity contribution in [3.8, 4) is 0 Å². The van der Waals surface area contributed by atoms with Crippen molar-refractivity contribution < 1.29 is 4.74 Å². The normalized spacial score (nSPS) is 29.5. The summed E-state index contributed by atoms with van der Waals surface area (Å²) in [6.45, 7) is 3.14. The molecule has 0 unspecified atom stereocenters. The average molecular weight is 148 g/mol. The second-order valence-corrected chi connectivity index (χ2v) is 3.14. The largest absolute Gasteiger partial charge is 0.373 e. The van der Waals surface area contributed by atoms with Crippen LogP contribution < -0.4 is 0 Å². The smallest absolute Gasteiger partial charge is 0.0872 e. The summed E-state index contributed by atoms with van der Waals surface area (Å²) in [7, 11) is 0. The minimum absolute atomic E-state index is 0.358. The number of hydrogen-bond acceptors (Lipinski definition) is 1. The molecule has 1 aliphatic heterocycles. The first kappa shape index (κ1) is 6.86. The summed E-state index contributed by atoms with van der Waals surface area (Å²) in [6.07, 6.45) is 0.358. The van der Waals surface area contributed by atoms with Gasteiger partial charge in [-0.3, -0.25) is 0 Å². The van der Waals surface area contributed by atoms with Crippen LogP contribution in [0.2, 0.25) is 0 Å². The van der Waals surface area contributed by atoms with Crippen molar-refractivity contribution >= 4 is 0 Å². The van der Waals surface area contributed by atoms with Crippen LogP contribution in [0.15, 0.2) is 30.3 Å². The molecule has 58 valence electrons. The van der Waals surface area contributed by atoms with Crippen LogP contribution in [0, 0.1) is 5.92 Å². The SMILES string of the molecule is C[C@@H]1CO[C@@H]1c1ccccc1. The molecule has 0 radical (unpaired) electrons. The van der Waals surface area contributed by atoms with E-state index in [2.05, 4.69) is 31.2 Å². The van der Waals surface area contributed by atoms with Crippen molar-refractivity contribution in [3.05, 3.63) is 35.9 Å². The van der Waals surface area contributed by atoms with Crippen molar-refractivity contribution in [2.24, 2.45) is 5.92 Å². The van der Waals surface area contributed by atoms with Gasteiger partial charge in [0.05, 0.1) is 12.7 Å². The highest BCUT2D eigenvalue weighted by Gasteiger charge is 2.28. The van der Waals surface area contributed by atoms with E-state index in [0.717, 1.165) is 6.61 Å². The lowest BCUT2D eigenvalue weighted by molar-refractivity contribution is -0.109. The van der Waals surface area contributed by atoms with Crippen molar-refractivity contribution in [2.45, 2.75) is 13.0 Å². The summed E-state index contributed by atoms with van der Waals surface area (Å²) < 4.78 is 5.43. The van der Waals surface area contributed by atoms with Gasteiger partial charge in [-0.1, -0.05) is 37.3 Å². The number of rotatable bonds is 1. The van der Waals surface area contributed by atoms with Crippen LogP contribution in [0.1, 0.15) is 18.6 Å². The highest BCUT2D eigenvalue weighted by atomic mass is 16.5. The van der Waals surface area contributed by atoms with E-state index in [4.69, 9.17) is 4.74 Å². The van der Waals surface area contributed by atoms with Gasteiger partial charge in [-0.15, -0.1) is 0 Å². The van der Waals surface area contributed by atoms with Crippen LogP contribution in [0.25, 0.3) is 0 Å². The van der Waals surface area contributed by atoms with Crippen molar-refractivity contribution in [1.29, 1.82) is 0 Å². The Kier molecular flexibility index (Phi) is 1.66. The van der Waals surface area contributed by atoms with Crippen LogP contribution in [0.5, 0.6) is 0 Å². The van der Waals surface area contributed by atoms with Gasteiger partial charge in [0.25, 0.3) is 0 Å². The van der Waals surface area contributed by atoms with E-state index < -0.39 is 0 Å². The Hall–Kier alpha value is -0.820. The van der Waals surface area contributed by atoms with Crippen LogP contribution >= 0.6 is 0 Å². The van der Waals surface area contributed by atoms with E-state index >= 15 is 0 Å². The molecule has 1 aromatic carbocycles. The molecule has 1 fully saturated rings. The first-order valence-electron chi connectivity index (χ1n) is 4.04. The predicted octanol–water partition coefficient (Wildman–Crippen LogP) is 2.39. The Morgan fingerprint density at radius 2 is 2.00 bits per heavy atom. The lowest BCUT2D eigenvalue weighted by Gasteiger charge is -2.34. The molecular weight excluding hydrogens is 136 g/mol. The molecule has 1 heterocycles. The van der Waals surface area contributed by atoms with Crippen LogP contribution in [0.4, 0.5) is 0 Å². The summed E-state index contributed by atoms with van der Waals surface area (Å²) in [5, 5.41) is 0. The van der Waals surface area contributed by atoms with Crippen LogP contribution in [0.3, 0.4) is 0 Å². The van der Waals surface area contributed by atoms with E-state index in [1.165, 1.54) is 5.56 Å². The number of benzene rings is 1. The molecule has 1 aromatic rings. The third kappa shape index (κ3) is 1.16. The fourth-order valence-corrected chi connectivity index (χ4v) is 1.45. The molecule has 1 aliphatic rings. The number of hydrogen-bond donors (Lipinski definition) is 0. The second-order valence-electron chi connectivity index (χ2n) is 3.14. The van der Waals surface area contributed by atoms with Gasteiger partial charge in [0.2, 0.25) is 0 Å². The molecule has 0 N–H and O–H groups in total. The Morgan fingerprint density at radius 3 is 2.45 bits per heavy atom. The monoisotopic (exact) mass is 148 g/mol. The minimum Gasteiger partial charge on any atom is -0.373 e. The maximum atomic E-state index is 5.43. The maximum absolute atomic E-state index is 5.43. The van der Waals surface area contributed by atoms with Crippen molar-refractivity contribution in [3.63, 3.8) is 0 Å². The topological polar surface area (TPSA) is 9.23 Å². The van der Waals surface area contributed by atoms with Gasteiger partial charge in [0, 0.05) is 5.92 Å². The molecule has 1 saturated heterocycles. The Labute approximate surface area is 67.0 Å². The predicted molar refractivity (Wildman–Crippen MR) is 44.3 cm³/mol. The first-order valence-corrected chi connectivity index (χ1v) is 4.04. The molecule has 2 atom stereocenters. The van der Waals surface area contributed by atoms with Crippen LogP contribution in [-0.2, 0) is 4.74 Å². The third-order valence-electron chi connectivity index (χ3n) is 2.18. The summed E-state index contributed by atoms with van der Waals surface area (Å²) in [6, 6.07) is 10.4. The van der Waals surface area contributed by atoms with Crippen molar-refractivity contribution in [2.75, 3.05) is 6.61 Å². The first-order chi connectivity index (χ1) is 5.38. The fraction of sp³-hybridized carbons (Fsp3) is 0.400. The summed E-state index contributed by atoms with van der Waals surface area (Å²) in [5.41, 5.74) is 1.31. The Balaban J connectivity index is 2.17. The molecule has 0 amide bonds. The van der Waals surface area contributed by atoms with Gasteiger partial charge in [0.1, 0.15) is 0 Å². The van der Waals surface area contributed by atoms with E-state index in [1.807, 2.05) is 6.07 Å². The van der Waals surface area contributed by atoms with E-state index in [9.17, 15) is 0 Å². The molecular formula is C10H12O. The van der Waals surface area contributed by atoms with Gasteiger partial charge in [0.15, 0.2) is 0 Å². The standard InChI is InChI=1S/C10H12O/c1-8-7-11-10(8)9-5-3-2-4-6-9/h2-6,8,10H,7H2,1H3/t8-,10+/m1/s1. The zero-order valence-corrected chi connectivity index (χ0v) is 6.66. The summed E-state index contributed by atoms with van der Waals surface area (Å²) in [4.78, 5) is 0. The molecule has 11 heavy (non-hydrogen) atoms. The molecule has 0 spiro atoms. The van der Waals surface area contributed by atoms with Crippen LogP contribution in [-0.4, -0.2) is 6.61 Å². The zero-order chi connectivity index (χ0) is 7.68. The van der Waals surface area contributed by atoms with E-state index in [1.54, 1.807) is 0 Å². The molecule has 0 bridgehead atoms. The Morgan fingerprint density at radius 1 is 1.27 bits per heavy atom. The fourth-order valence-electron chi connectivity index (χ4n) is 1.45. The molecule has 1 nitrogen and oxygen atoms in total. The lowest BCUT2D eigenvalue weighted by Crippen LogP contribution is -2.29. The lowest BCUT2D eigenvalue weighted by atomic mass is 9.93. The number of ether oxygens (including phenoxy) is 1. The Bertz CT molecular complexity index is 230. The second kappa shape index (κ2) is 2.67. The molecule has 0 aliphatic carbocycles. The van der Waals surface area contributed by atoms with Gasteiger partial charge in [-0.05, 0) is 5.56 Å². The average Bonchev–Trinajstić information content (AvgIpc) is 2.04. The van der Waals surface area contributed by atoms with Gasteiger partial charge in [-0.2, -0.15) is 0 Å².